The first-order valence-electron chi connectivity index (χ1n) is 9.23. The SMILES string of the molecule is COc1ccc(C=NNC(=O)CCn2cc(C)c3c(OC)cccc32)cc1OC. The van der Waals surface area contributed by atoms with Crippen LogP contribution in [0.2, 0.25) is 0 Å². The summed E-state index contributed by atoms with van der Waals surface area (Å²) in [6.45, 7) is 2.59. The van der Waals surface area contributed by atoms with Gasteiger partial charge in [0.25, 0.3) is 0 Å². The van der Waals surface area contributed by atoms with Gasteiger partial charge in [0.05, 0.1) is 33.1 Å². The molecule has 0 unspecified atom stereocenters. The molecule has 1 heterocycles. The van der Waals surface area contributed by atoms with Crippen molar-refractivity contribution in [2.45, 2.75) is 19.9 Å². The molecular formula is C22H25N3O4. The summed E-state index contributed by atoms with van der Waals surface area (Å²) in [6, 6.07) is 11.3. The lowest BCUT2D eigenvalue weighted by Gasteiger charge is -2.07. The largest absolute Gasteiger partial charge is 0.496 e. The highest BCUT2D eigenvalue weighted by Crippen LogP contribution is 2.30. The van der Waals surface area contributed by atoms with Gasteiger partial charge in [-0.2, -0.15) is 5.10 Å². The zero-order valence-corrected chi connectivity index (χ0v) is 17.1. The second kappa shape index (κ2) is 9.14. The highest BCUT2D eigenvalue weighted by atomic mass is 16.5. The number of carbonyl (C=O) groups excluding carboxylic acids is 1. The number of hydrogen-bond donors (Lipinski definition) is 1. The summed E-state index contributed by atoms with van der Waals surface area (Å²) in [5.41, 5.74) is 5.52. The molecule has 1 N–H and O–H groups in total. The van der Waals surface area contributed by atoms with Gasteiger partial charge in [0.15, 0.2) is 11.5 Å². The quantitative estimate of drug-likeness (QED) is 0.468. The molecule has 0 spiro atoms. The van der Waals surface area contributed by atoms with Crippen LogP contribution in [0.5, 0.6) is 17.2 Å². The van der Waals surface area contributed by atoms with Crippen LogP contribution in [0, 0.1) is 6.92 Å². The molecule has 0 atom stereocenters. The average Bonchev–Trinajstić information content (AvgIpc) is 3.08. The molecule has 0 aliphatic heterocycles. The summed E-state index contributed by atoms with van der Waals surface area (Å²) in [6.07, 6.45) is 3.91. The van der Waals surface area contributed by atoms with E-state index in [2.05, 4.69) is 15.1 Å². The first-order chi connectivity index (χ1) is 14.1. The molecule has 0 aliphatic rings. The van der Waals surface area contributed by atoms with Gasteiger partial charge in [0.1, 0.15) is 5.75 Å². The minimum Gasteiger partial charge on any atom is -0.496 e. The highest BCUT2D eigenvalue weighted by Gasteiger charge is 2.11. The molecular weight excluding hydrogens is 370 g/mol. The smallest absolute Gasteiger partial charge is 0.241 e. The number of hydrazone groups is 1. The number of nitrogens with zero attached hydrogens (tertiary/aromatic N) is 2. The second-order valence-corrected chi connectivity index (χ2v) is 6.52. The van der Waals surface area contributed by atoms with Gasteiger partial charge in [-0.1, -0.05) is 6.07 Å². The number of nitrogens with one attached hydrogen (secondary N) is 1. The van der Waals surface area contributed by atoms with Gasteiger partial charge < -0.3 is 18.8 Å². The zero-order valence-electron chi connectivity index (χ0n) is 17.1. The fourth-order valence-corrected chi connectivity index (χ4v) is 3.27. The van der Waals surface area contributed by atoms with Gasteiger partial charge in [-0.3, -0.25) is 4.79 Å². The van der Waals surface area contributed by atoms with Crippen LogP contribution in [0.25, 0.3) is 10.9 Å². The summed E-state index contributed by atoms with van der Waals surface area (Å²) >= 11 is 0. The van der Waals surface area contributed by atoms with Crippen molar-refractivity contribution in [3.63, 3.8) is 0 Å². The summed E-state index contributed by atoms with van der Waals surface area (Å²) in [4.78, 5) is 12.2. The standard InChI is InChI=1S/C22H25N3O4/c1-15-14-25(17-6-5-7-19(28-3)22(15)17)11-10-21(26)24-23-13-16-8-9-18(27-2)20(12-16)29-4/h5-9,12-14H,10-11H2,1-4H3,(H,24,26). The third kappa shape index (κ3) is 4.51. The average molecular weight is 395 g/mol. The number of fused-ring (bicyclic) bond motifs is 1. The van der Waals surface area contributed by atoms with Crippen LogP contribution < -0.4 is 19.6 Å². The molecule has 0 aliphatic carbocycles. The Morgan fingerprint density at radius 3 is 2.55 bits per heavy atom. The van der Waals surface area contributed by atoms with Crippen LogP contribution in [-0.2, 0) is 11.3 Å². The van der Waals surface area contributed by atoms with E-state index >= 15 is 0 Å². The Morgan fingerprint density at radius 2 is 1.83 bits per heavy atom. The number of hydrogen-bond acceptors (Lipinski definition) is 5. The lowest BCUT2D eigenvalue weighted by molar-refractivity contribution is -0.121. The molecule has 7 heteroatoms. The van der Waals surface area contributed by atoms with Gasteiger partial charge in [0, 0.05) is 24.5 Å². The molecule has 0 fully saturated rings. The maximum absolute atomic E-state index is 12.2. The molecule has 1 amide bonds. The van der Waals surface area contributed by atoms with Gasteiger partial charge in [-0.15, -0.1) is 0 Å². The predicted molar refractivity (Wildman–Crippen MR) is 113 cm³/mol. The number of methoxy groups -OCH3 is 3. The summed E-state index contributed by atoms with van der Waals surface area (Å²) < 4.78 is 18.0. The summed E-state index contributed by atoms with van der Waals surface area (Å²) in [5, 5.41) is 5.10. The predicted octanol–water partition coefficient (Wildman–Crippen LogP) is 3.52. The molecule has 3 aromatic rings. The van der Waals surface area contributed by atoms with E-state index in [1.165, 1.54) is 0 Å². The van der Waals surface area contributed by atoms with Crippen molar-refractivity contribution in [2.24, 2.45) is 5.10 Å². The third-order valence-electron chi connectivity index (χ3n) is 4.67. The Hall–Kier alpha value is -3.48. The van der Waals surface area contributed by atoms with Crippen LogP contribution in [0.1, 0.15) is 17.5 Å². The molecule has 1 aromatic heterocycles. The maximum Gasteiger partial charge on any atom is 0.241 e. The van der Waals surface area contributed by atoms with E-state index in [-0.39, 0.29) is 5.91 Å². The van der Waals surface area contributed by atoms with Crippen LogP contribution in [0.15, 0.2) is 47.7 Å². The van der Waals surface area contributed by atoms with Crippen molar-refractivity contribution in [1.29, 1.82) is 0 Å². The van der Waals surface area contributed by atoms with E-state index in [0.717, 1.165) is 27.8 Å². The summed E-state index contributed by atoms with van der Waals surface area (Å²) in [5.74, 6) is 1.92. The number of aromatic nitrogens is 1. The topological polar surface area (TPSA) is 74.1 Å². The number of carbonyl (C=O) groups is 1. The lowest BCUT2D eigenvalue weighted by atomic mass is 10.2. The fraction of sp³-hybridized carbons (Fsp3) is 0.273. The Balaban J connectivity index is 1.61. The molecule has 0 saturated carbocycles. The van der Waals surface area contributed by atoms with E-state index in [0.29, 0.717) is 24.5 Å². The monoisotopic (exact) mass is 395 g/mol. The molecule has 0 saturated heterocycles. The van der Waals surface area contributed by atoms with E-state index in [9.17, 15) is 4.79 Å². The van der Waals surface area contributed by atoms with Crippen molar-refractivity contribution in [3.8, 4) is 17.2 Å². The minimum absolute atomic E-state index is 0.163. The molecule has 0 radical (unpaired) electrons. The number of ether oxygens (including phenoxy) is 3. The fourth-order valence-electron chi connectivity index (χ4n) is 3.27. The Morgan fingerprint density at radius 1 is 1.07 bits per heavy atom. The Kier molecular flexibility index (Phi) is 6.39. The first kappa shape index (κ1) is 20.3. The number of benzene rings is 2. The van der Waals surface area contributed by atoms with Crippen molar-refractivity contribution in [1.82, 2.24) is 9.99 Å². The maximum atomic E-state index is 12.2. The van der Waals surface area contributed by atoms with Crippen molar-refractivity contribution >= 4 is 23.0 Å². The Bertz CT molecular complexity index is 1040. The van der Waals surface area contributed by atoms with Crippen molar-refractivity contribution < 1.29 is 19.0 Å². The molecule has 3 rings (SSSR count). The van der Waals surface area contributed by atoms with Crippen molar-refractivity contribution in [2.75, 3.05) is 21.3 Å². The number of rotatable bonds is 8. The summed E-state index contributed by atoms with van der Waals surface area (Å²) in [7, 11) is 4.82. The van der Waals surface area contributed by atoms with Crippen LogP contribution in [0.3, 0.4) is 0 Å². The van der Waals surface area contributed by atoms with Crippen LogP contribution >= 0.6 is 0 Å². The highest BCUT2D eigenvalue weighted by molar-refractivity contribution is 5.90. The van der Waals surface area contributed by atoms with Crippen LogP contribution in [0.4, 0.5) is 0 Å². The molecule has 152 valence electrons. The van der Waals surface area contributed by atoms with Gasteiger partial charge in [0.2, 0.25) is 5.91 Å². The molecule has 2 aromatic carbocycles. The van der Waals surface area contributed by atoms with Gasteiger partial charge in [-0.05, 0) is 48.4 Å². The third-order valence-corrected chi connectivity index (χ3v) is 4.67. The van der Waals surface area contributed by atoms with Crippen LogP contribution in [-0.4, -0.2) is 38.0 Å². The molecule has 0 bridgehead atoms. The van der Waals surface area contributed by atoms with E-state index in [1.807, 2.05) is 37.4 Å². The minimum atomic E-state index is -0.163. The number of amides is 1. The van der Waals surface area contributed by atoms with Gasteiger partial charge in [-0.25, -0.2) is 5.43 Å². The molecule has 7 nitrogen and oxygen atoms in total. The Labute approximate surface area is 169 Å². The normalized spacial score (nSPS) is 11.0. The zero-order chi connectivity index (χ0) is 20.8. The second-order valence-electron chi connectivity index (χ2n) is 6.52. The van der Waals surface area contributed by atoms with Gasteiger partial charge >= 0.3 is 0 Å². The van der Waals surface area contributed by atoms with Crippen molar-refractivity contribution in [3.05, 3.63) is 53.7 Å². The first-order valence-corrected chi connectivity index (χ1v) is 9.23. The lowest BCUT2D eigenvalue weighted by Crippen LogP contribution is -2.19. The van der Waals surface area contributed by atoms with E-state index < -0.39 is 0 Å². The van der Waals surface area contributed by atoms with E-state index in [4.69, 9.17) is 14.2 Å². The number of aryl methyl sites for hydroxylation is 2. The van der Waals surface area contributed by atoms with E-state index in [1.54, 1.807) is 39.7 Å². The molecule has 29 heavy (non-hydrogen) atoms.